The first-order valence-electron chi connectivity index (χ1n) is 5.84. The van der Waals surface area contributed by atoms with Crippen molar-refractivity contribution in [3.05, 3.63) is 28.2 Å². The quantitative estimate of drug-likeness (QED) is 0.853. The Bertz CT molecular complexity index is 614. The van der Waals surface area contributed by atoms with Crippen molar-refractivity contribution >= 4 is 31.9 Å². The van der Waals surface area contributed by atoms with E-state index in [1.54, 1.807) is 0 Å². The molecule has 0 aliphatic heterocycles. The van der Waals surface area contributed by atoms with Gasteiger partial charge in [-0.25, -0.2) is 17.9 Å². The molecule has 7 heteroatoms. The van der Waals surface area contributed by atoms with Crippen LogP contribution in [0, 0.1) is 11.8 Å². The smallest absolute Gasteiger partial charge is 0.336 e. The second-order valence-electron chi connectivity index (χ2n) is 4.77. The Morgan fingerprint density at radius 1 is 1.53 bits per heavy atom. The first-order chi connectivity index (χ1) is 8.81. The molecule has 0 bridgehead atoms. The highest BCUT2D eigenvalue weighted by Gasteiger charge is 2.33. The molecule has 1 aliphatic rings. The fourth-order valence-corrected chi connectivity index (χ4v) is 3.36. The molecule has 5 nitrogen and oxygen atoms in total. The third-order valence-electron chi connectivity index (χ3n) is 3.29. The number of hydrogen-bond donors (Lipinski definition) is 2. The molecule has 2 unspecified atom stereocenters. The van der Waals surface area contributed by atoms with Crippen molar-refractivity contribution in [3.8, 4) is 0 Å². The number of hydrogen-bond acceptors (Lipinski definition) is 3. The van der Waals surface area contributed by atoms with Crippen molar-refractivity contribution in [1.82, 2.24) is 4.72 Å². The van der Waals surface area contributed by atoms with E-state index in [4.69, 9.17) is 5.11 Å². The van der Waals surface area contributed by atoms with Gasteiger partial charge in [0.1, 0.15) is 0 Å². The molecule has 0 saturated heterocycles. The number of rotatable bonds is 5. The number of benzene rings is 1. The van der Waals surface area contributed by atoms with Crippen LogP contribution in [0.4, 0.5) is 0 Å². The predicted molar refractivity (Wildman–Crippen MR) is 73.6 cm³/mol. The molecule has 1 aliphatic carbocycles. The topological polar surface area (TPSA) is 83.5 Å². The molecule has 104 valence electrons. The normalized spacial score (nSPS) is 22.2. The average molecular weight is 348 g/mol. The largest absolute Gasteiger partial charge is 0.478 e. The molecule has 19 heavy (non-hydrogen) atoms. The summed E-state index contributed by atoms with van der Waals surface area (Å²) >= 11 is 3.08. The molecule has 0 aromatic heterocycles. The third-order valence-corrected chi connectivity index (χ3v) is 5.40. The number of carboxylic acid groups (broad SMARTS) is 1. The maximum absolute atomic E-state index is 12.0. The van der Waals surface area contributed by atoms with Gasteiger partial charge in [0.2, 0.25) is 10.0 Å². The molecule has 0 amide bonds. The van der Waals surface area contributed by atoms with Gasteiger partial charge in [-0.3, -0.25) is 0 Å². The summed E-state index contributed by atoms with van der Waals surface area (Å²) in [5, 5.41) is 8.97. The maximum atomic E-state index is 12.0. The molecule has 0 radical (unpaired) electrons. The Hall–Kier alpha value is -0.920. The summed E-state index contributed by atoms with van der Waals surface area (Å²) in [6.45, 7) is 2.48. The summed E-state index contributed by atoms with van der Waals surface area (Å²) in [5.41, 5.74) is -0.0670. The van der Waals surface area contributed by atoms with E-state index >= 15 is 0 Å². The van der Waals surface area contributed by atoms with Crippen molar-refractivity contribution in [2.45, 2.75) is 18.2 Å². The van der Waals surface area contributed by atoms with E-state index in [1.807, 2.05) is 0 Å². The van der Waals surface area contributed by atoms with Crippen molar-refractivity contribution in [1.29, 1.82) is 0 Å². The van der Waals surface area contributed by atoms with Crippen LogP contribution >= 0.6 is 15.9 Å². The molecular weight excluding hydrogens is 334 g/mol. The molecule has 1 saturated carbocycles. The molecular formula is C12H14BrNO4S. The molecule has 1 aromatic carbocycles. The minimum absolute atomic E-state index is 0.0265. The predicted octanol–water partition coefficient (Wildman–Crippen LogP) is 2.08. The van der Waals surface area contributed by atoms with Crippen molar-refractivity contribution < 1.29 is 18.3 Å². The number of carbonyl (C=O) groups is 1. The van der Waals surface area contributed by atoms with E-state index in [0.717, 1.165) is 12.5 Å². The highest BCUT2D eigenvalue weighted by atomic mass is 79.9. The van der Waals surface area contributed by atoms with E-state index in [1.165, 1.54) is 12.1 Å². The molecule has 0 spiro atoms. The summed E-state index contributed by atoms with van der Waals surface area (Å²) in [5.74, 6) is -0.217. The van der Waals surface area contributed by atoms with Crippen LogP contribution in [0.5, 0.6) is 0 Å². The monoisotopic (exact) mass is 347 g/mol. The lowest BCUT2D eigenvalue weighted by atomic mass is 10.2. The van der Waals surface area contributed by atoms with Gasteiger partial charge in [-0.05, 0) is 52.4 Å². The minimum Gasteiger partial charge on any atom is -0.478 e. The highest BCUT2D eigenvalue weighted by Crippen LogP contribution is 2.37. The van der Waals surface area contributed by atoms with E-state index in [2.05, 4.69) is 27.6 Å². The van der Waals surface area contributed by atoms with Crippen LogP contribution in [-0.2, 0) is 10.0 Å². The van der Waals surface area contributed by atoms with Crippen LogP contribution in [0.2, 0.25) is 0 Å². The summed E-state index contributed by atoms with van der Waals surface area (Å²) in [7, 11) is -3.65. The van der Waals surface area contributed by atoms with Crippen LogP contribution in [-0.4, -0.2) is 26.0 Å². The van der Waals surface area contributed by atoms with Gasteiger partial charge >= 0.3 is 5.97 Å². The number of halogens is 1. The van der Waals surface area contributed by atoms with Crippen LogP contribution in [0.25, 0.3) is 0 Å². The third kappa shape index (κ3) is 3.34. The van der Waals surface area contributed by atoms with E-state index in [0.29, 0.717) is 22.9 Å². The fourth-order valence-electron chi connectivity index (χ4n) is 1.82. The Labute approximate surface area is 120 Å². The molecule has 1 fully saturated rings. The Balaban J connectivity index is 2.20. The number of aromatic carboxylic acids is 1. The van der Waals surface area contributed by atoms with Gasteiger partial charge in [0, 0.05) is 11.0 Å². The number of carboxylic acids is 1. The van der Waals surface area contributed by atoms with Crippen LogP contribution in [0.1, 0.15) is 23.7 Å². The van der Waals surface area contributed by atoms with Gasteiger partial charge in [0.15, 0.2) is 0 Å². The first kappa shape index (κ1) is 14.5. The summed E-state index contributed by atoms with van der Waals surface area (Å²) in [6.07, 6.45) is 1.03. The van der Waals surface area contributed by atoms with E-state index in [-0.39, 0.29) is 10.5 Å². The molecule has 2 rings (SSSR count). The van der Waals surface area contributed by atoms with Gasteiger partial charge in [0.05, 0.1) is 10.5 Å². The lowest BCUT2D eigenvalue weighted by molar-refractivity contribution is 0.0695. The second-order valence-corrected chi connectivity index (χ2v) is 7.39. The number of sulfonamides is 1. The number of nitrogens with one attached hydrogen (secondary N) is 1. The molecule has 2 N–H and O–H groups in total. The zero-order chi connectivity index (χ0) is 14.2. The SMILES string of the molecule is CC1CC1CNS(=O)(=O)c1ccc(Br)c(C(=O)O)c1. The Morgan fingerprint density at radius 3 is 2.68 bits per heavy atom. The highest BCUT2D eigenvalue weighted by molar-refractivity contribution is 9.10. The van der Waals surface area contributed by atoms with E-state index < -0.39 is 16.0 Å². The van der Waals surface area contributed by atoms with Crippen LogP contribution in [0.3, 0.4) is 0 Å². The van der Waals surface area contributed by atoms with Crippen molar-refractivity contribution in [2.24, 2.45) is 11.8 Å². The van der Waals surface area contributed by atoms with E-state index in [9.17, 15) is 13.2 Å². The Kier molecular flexibility index (Phi) is 3.98. The van der Waals surface area contributed by atoms with Crippen molar-refractivity contribution in [3.63, 3.8) is 0 Å². The van der Waals surface area contributed by atoms with Gasteiger partial charge in [0.25, 0.3) is 0 Å². The Morgan fingerprint density at radius 2 is 2.16 bits per heavy atom. The lowest BCUT2D eigenvalue weighted by Crippen LogP contribution is -2.26. The van der Waals surface area contributed by atoms with Gasteiger partial charge in [-0.2, -0.15) is 0 Å². The summed E-state index contributed by atoms with van der Waals surface area (Å²) in [6, 6.07) is 3.97. The van der Waals surface area contributed by atoms with Crippen LogP contribution in [0.15, 0.2) is 27.6 Å². The first-order valence-corrected chi connectivity index (χ1v) is 8.11. The van der Waals surface area contributed by atoms with Crippen molar-refractivity contribution in [2.75, 3.05) is 6.54 Å². The summed E-state index contributed by atoms with van der Waals surface area (Å²) in [4.78, 5) is 10.9. The van der Waals surface area contributed by atoms with Gasteiger partial charge < -0.3 is 5.11 Å². The minimum atomic E-state index is -3.65. The molecule has 0 heterocycles. The maximum Gasteiger partial charge on any atom is 0.336 e. The zero-order valence-electron chi connectivity index (χ0n) is 10.3. The molecule has 1 aromatic rings. The lowest BCUT2D eigenvalue weighted by Gasteiger charge is -2.08. The second kappa shape index (κ2) is 5.22. The average Bonchev–Trinajstić information content (AvgIpc) is 3.03. The van der Waals surface area contributed by atoms with Gasteiger partial charge in [-0.15, -0.1) is 0 Å². The molecule has 2 atom stereocenters. The van der Waals surface area contributed by atoms with Gasteiger partial charge in [-0.1, -0.05) is 6.92 Å². The fraction of sp³-hybridized carbons (Fsp3) is 0.417. The zero-order valence-corrected chi connectivity index (χ0v) is 12.7. The standard InChI is InChI=1S/C12H14BrNO4S/c1-7-4-8(7)6-14-19(17,18)9-2-3-11(13)10(5-9)12(15)16/h2-3,5,7-8,14H,4,6H2,1H3,(H,15,16). The van der Waals surface area contributed by atoms with Crippen LogP contribution < -0.4 is 4.72 Å². The summed E-state index contributed by atoms with van der Waals surface area (Å²) < 4.78 is 26.9.